The number of sulfone groups is 1. The maximum Gasteiger partial charge on any atom is 0.189 e. The molecule has 2 rings (SSSR count). The minimum absolute atomic E-state index is 0.289. The summed E-state index contributed by atoms with van der Waals surface area (Å²) in [6, 6.07) is 6.99. The van der Waals surface area contributed by atoms with Crippen molar-refractivity contribution in [2.75, 3.05) is 6.54 Å². The van der Waals surface area contributed by atoms with E-state index in [-0.39, 0.29) is 6.54 Å². The average molecular weight is 195 g/mol. The Hall–Kier alpha value is -0.870. The second-order valence-electron chi connectivity index (χ2n) is 2.86. The highest BCUT2D eigenvalue weighted by molar-refractivity contribution is 7.93. The molecule has 1 N–H and O–H groups in total. The number of nitrogens with one attached hydrogen (secondary N) is 1. The topological polar surface area (TPSA) is 46.2 Å². The highest BCUT2D eigenvalue weighted by atomic mass is 32.2. The van der Waals surface area contributed by atoms with E-state index in [0.717, 1.165) is 5.56 Å². The van der Waals surface area contributed by atoms with Crippen molar-refractivity contribution >= 4 is 9.84 Å². The second kappa shape index (κ2) is 3.12. The fourth-order valence-electron chi connectivity index (χ4n) is 1.33. The minimum Gasteiger partial charge on any atom is -0.311 e. The van der Waals surface area contributed by atoms with Crippen LogP contribution >= 0.6 is 0 Å². The molecule has 1 aliphatic rings. The van der Waals surface area contributed by atoms with E-state index >= 15 is 0 Å². The lowest BCUT2D eigenvalue weighted by atomic mass is 10.2. The van der Waals surface area contributed by atoms with Crippen molar-refractivity contribution in [2.45, 2.75) is 11.4 Å². The van der Waals surface area contributed by atoms with Crippen LogP contribution in [0.25, 0.3) is 0 Å². The van der Waals surface area contributed by atoms with E-state index in [0.29, 0.717) is 11.4 Å². The molecule has 0 atom stereocenters. The van der Waals surface area contributed by atoms with Crippen LogP contribution in [0.2, 0.25) is 0 Å². The standard InChI is InChI=1S/C9H9NO2S/c11-13(12)6-5-10-7-8-3-1-2-4-9(8)13/h1-4,10H,5,7H2. The highest BCUT2D eigenvalue weighted by Gasteiger charge is 2.21. The molecule has 0 fully saturated rings. The molecule has 2 radical (unpaired) electrons. The molecule has 0 amide bonds. The zero-order chi connectivity index (χ0) is 9.31. The molecule has 1 aromatic carbocycles. The number of fused-ring (bicyclic) bond motifs is 1. The molecule has 13 heavy (non-hydrogen) atoms. The third-order valence-corrected chi connectivity index (χ3v) is 3.47. The molecule has 0 bridgehead atoms. The molecule has 68 valence electrons. The van der Waals surface area contributed by atoms with Crippen molar-refractivity contribution < 1.29 is 8.42 Å². The van der Waals surface area contributed by atoms with E-state index in [4.69, 9.17) is 0 Å². The van der Waals surface area contributed by atoms with Crippen LogP contribution in [0.5, 0.6) is 0 Å². The van der Waals surface area contributed by atoms with Gasteiger partial charge in [0.15, 0.2) is 9.84 Å². The summed E-state index contributed by atoms with van der Waals surface area (Å²) in [7, 11) is -3.29. The van der Waals surface area contributed by atoms with Crippen LogP contribution in [-0.4, -0.2) is 15.0 Å². The van der Waals surface area contributed by atoms with Gasteiger partial charge in [0.25, 0.3) is 0 Å². The van der Waals surface area contributed by atoms with Gasteiger partial charge >= 0.3 is 0 Å². The molecule has 1 aliphatic heterocycles. The van der Waals surface area contributed by atoms with E-state index in [1.165, 1.54) is 0 Å². The Balaban J connectivity index is 2.62. The lowest BCUT2D eigenvalue weighted by Gasteiger charge is -2.02. The Morgan fingerprint density at radius 2 is 2.08 bits per heavy atom. The van der Waals surface area contributed by atoms with Gasteiger partial charge in [-0.15, -0.1) is 0 Å². The zero-order valence-corrected chi connectivity index (χ0v) is 7.76. The van der Waals surface area contributed by atoms with Gasteiger partial charge in [-0.2, -0.15) is 0 Å². The Morgan fingerprint density at radius 1 is 1.31 bits per heavy atom. The molecule has 3 nitrogen and oxygen atoms in total. The first-order chi connectivity index (χ1) is 6.20. The van der Waals surface area contributed by atoms with E-state index in [1.54, 1.807) is 12.1 Å². The highest BCUT2D eigenvalue weighted by Crippen LogP contribution is 2.20. The molecule has 0 aliphatic carbocycles. The first-order valence-electron chi connectivity index (χ1n) is 3.98. The van der Waals surface area contributed by atoms with Crippen LogP contribution in [-0.2, 0) is 16.4 Å². The minimum atomic E-state index is -3.29. The van der Waals surface area contributed by atoms with Gasteiger partial charge in [-0.05, 0) is 11.6 Å². The zero-order valence-electron chi connectivity index (χ0n) is 6.95. The van der Waals surface area contributed by atoms with Gasteiger partial charge in [-0.3, -0.25) is 0 Å². The first-order valence-corrected chi connectivity index (χ1v) is 5.47. The quantitative estimate of drug-likeness (QED) is 0.659. The third-order valence-electron chi connectivity index (χ3n) is 1.96. The van der Waals surface area contributed by atoms with Crippen LogP contribution in [0.3, 0.4) is 0 Å². The SMILES string of the molecule is O=S1(=O)[C]CNCc2ccccc21. The average Bonchev–Trinajstić information content (AvgIpc) is 2.26. The summed E-state index contributed by atoms with van der Waals surface area (Å²) < 4.78 is 23.1. The van der Waals surface area contributed by atoms with Crippen LogP contribution in [0.4, 0.5) is 0 Å². The van der Waals surface area contributed by atoms with Gasteiger partial charge in [-0.25, -0.2) is 8.42 Å². The van der Waals surface area contributed by atoms with Crippen molar-refractivity contribution in [3.63, 3.8) is 0 Å². The van der Waals surface area contributed by atoms with Gasteiger partial charge in [-0.1, -0.05) is 18.2 Å². The molecule has 0 aromatic heterocycles. The molecule has 0 spiro atoms. The van der Waals surface area contributed by atoms with E-state index in [9.17, 15) is 8.42 Å². The van der Waals surface area contributed by atoms with Crippen molar-refractivity contribution in [1.29, 1.82) is 0 Å². The summed E-state index contributed by atoms with van der Waals surface area (Å²) in [6.45, 7) is 0.874. The summed E-state index contributed by atoms with van der Waals surface area (Å²) >= 11 is 0. The predicted octanol–water partition coefficient (Wildman–Crippen LogP) is 0.602. The third kappa shape index (κ3) is 1.59. The Morgan fingerprint density at radius 3 is 2.92 bits per heavy atom. The van der Waals surface area contributed by atoms with Gasteiger partial charge < -0.3 is 5.32 Å². The molecular weight excluding hydrogens is 186 g/mol. The second-order valence-corrected chi connectivity index (χ2v) is 4.59. The van der Waals surface area contributed by atoms with Crippen LogP contribution in [0.1, 0.15) is 5.56 Å². The number of hydrogen-bond acceptors (Lipinski definition) is 3. The van der Waals surface area contributed by atoms with E-state index in [1.807, 2.05) is 12.1 Å². The van der Waals surface area contributed by atoms with Crippen molar-refractivity contribution in [3.8, 4) is 0 Å². The normalized spacial score (nSPS) is 20.3. The maximum atomic E-state index is 11.5. The fraction of sp³-hybridized carbons (Fsp3) is 0.222. The Bertz CT molecular complexity index is 411. The molecule has 1 heterocycles. The van der Waals surface area contributed by atoms with E-state index < -0.39 is 9.84 Å². The monoisotopic (exact) mass is 195 g/mol. The van der Waals surface area contributed by atoms with Crippen molar-refractivity contribution in [3.05, 3.63) is 35.6 Å². The lowest BCUT2D eigenvalue weighted by molar-refractivity contribution is 0.601. The van der Waals surface area contributed by atoms with Crippen molar-refractivity contribution in [2.24, 2.45) is 0 Å². The molecule has 0 saturated carbocycles. The predicted molar refractivity (Wildman–Crippen MR) is 48.6 cm³/mol. The first kappa shape index (κ1) is 8.72. The fourth-order valence-corrected chi connectivity index (χ4v) is 2.52. The van der Waals surface area contributed by atoms with Crippen LogP contribution in [0.15, 0.2) is 29.2 Å². The maximum absolute atomic E-state index is 11.5. The van der Waals surface area contributed by atoms with Gasteiger partial charge in [0.1, 0.15) is 5.75 Å². The number of benzene rings is 1. The van der Waals surface area contributed by atoms with Crippen LogP contribution < -0.4 is 5.32 Å². The largest absolute Gasteiger partial charge is 0.311 e. The summed E-state index contributed by atoms with van der Waals surface area (Å²) in [5.74, 6) is 2.44. The summed E-state index contributed by atoms with van der Waals surface area (Å²) in [6.07, 6.45) is 0. The lowest BCUT2D eigenvalue weighted by Crippen LogP contribution is -2.13. The van der Waals surface area contributed by atoms with E-state index in [2.05, 4.69) is 11.1 Å². The van der Waals surface area contributed by atoms with Gasteiger partial charge in [0.2, 0.25) is 0 Å². The Labute approximate surface area is 77.7 Å². The van der Waals surface area contributed by atoms with Crippen LogP contribution in [0, 0.1) is 5.75 Å². The number of hydrogen-bond donors (Lipinski definition) is 1. The number of rotatable bonds is 0. The molecular formula is C9H9NO2S. The Kier molecular flexibility index (Phi) is 2.09. The summed E-state index contributed by atoms with van der Waals surface area (Å²) in [5, 5.41) is 2.97. The van der Waals surface area contributed by atoms with Gasteiger partial charge in [0, 0.05) is 13.1 Å². The van der Waals surface area contributed by atoms with Gasteiger partial charge in [0.05, 0.1) is 4.90 Å². The molecule has 4 heteroatoms. The smallest absolute Gasteiger partial charge is 0.189 e. The summed E-state index contributed by atoms with van der Waals surface area (Å²) in [5.41, 5.74) is 0.813. The molecule has 0 unspecified atom stereocenters. The molecule has 0 saturated heterocycles. The summed E-state index contributed by atoms with van der Waals surface area (Å²) in [4.78, 5) is 0.375. The van der Waals surface area contributed by atoms with Crippen molar-refractivity contribution in [1.82, 2.24) is 5.32 Å². The molecule has 1 aromatic rings.